The van der Waals surface area contributed by atoms with E-state index in [1.54, 1.807) is 48.0 Å². The molecule has 3 rings (SSSR count). The molecule has 26 heavy (non-hydrogen) atoms. The van der Waals surface area contributed by atoms with Crippen molar-refractivity contribution in [2.24, 2.45) is 0 Å². The van der Waals surface area contributed by atoms with E-state index in [0.717, 1.165) is 10.7 Å². The maximum absolute atomic E-state index is 12.3. The highest BCUT2D eigenvalue weighted by Crippen LogP contribution is 2.26. The molecule has 1 aromatic carbocycles. The number of nitriles is 1. The molecule has 0 aliphatic carbocycles. The minimum absolute atomic E-state index is 0.0575. The Labute approximate surface area is 163 Å². The second-order valence-corrected chi connectivity index (χ2v) is 7.15. The zero-order chi connectivity index (χ0) is 18.7. The molecule has 0 spiro atoms. The number of rotatable bonds is 4. The number of benzene rings is 1. The van der Waals surface area contributed by atoms with Crippen LogP contribution in [0.15, 0.2) is 42.1 Å². The van der Waals surface area contributed by atoms with Gasteiger partial charge >= 0.3 is 0 Å². The Morgan fingerprint density at radius 3 is 2.77 bits per heavy atom. The van der Waals surface area contributed by atoms with Crippen LogP contribution in [0.3, 0.4) is 0 Å². The van der Waals surface area contributed by atoms with E-state index in [4.69, 9.17) is 23.2 Å². The van der Waals surface area contributed by atoms with Gasteiger partial charge < -0.3 is 4.57 Å². The lowest BCUT2D eigenvalue weighted by Gasteiger charge is -2.08. The molecule has 0 saturated heterocycles. The molecule has 0 radical (unpaired) electrons. The van der Waals surface area contributed by atoms with Gasteiger partial charge in [-0.25, -0.2) is 0 Å². The third kappa shape index (κ3) is 3.94. The SMILES string of the molecule is Cc1nnc(NC(=O)/C(C#N)=C\c2cccn2-c2ccc(Cl)c(Cl)c2)s1. The zero-order valence-electron chi connectivity index (χ0n) is 13.4. The Morgan fingerprint density at radius 2 is 2.12 bits per heavy atom. The highest BCUT2D eigenvalue weighted by molar-refractivity contribution is 7.15. The van der Waals surface area contributed by atoms with E-state index in [1.807, 2.05) is 6.07 Å². The maximum Gasteiger partial charge on any atom is 0.268 e. The van der Waals surface area contributed by atoms with Crippen molar-refractivity contribution >= 4 is 51.7 Å². The molecular formula is C17H11Cl2N5OS. The van der Waals surface area contributed by atoms with Crippen molar-refractivity contribution in [3.05, 3.63) is 62.8 Å². The first kappa shape index (κ1) is 18.1. The first-order valence-electron chi connectivity index (χ1n) is 7.34. The predicted molar refractivity (Wildman–Crippen MR) is 103 cm³/mol. The number of amides is 1. The molecule has 0 unspecified atom stereocenters. The maximum atomic E-state index is 12.3. The number of nitrogens with zero attached hydrogens (tertiary/aromatic N) is 4. The standard InChI is InChI=1S/C17H11Cl2N5OS/c1-10-22-23-17(26-10)21-16(25)11(9-20)7-12-3-2-6-24(12)13-4-5-14(18)15(19)8-13/h2-8H,1H3,(H,21,23,25)/b11-7-. The molecule has 0 bridgehead atoms. The topological polar surface area (TPSA) is 83.6 Å². The highest BCUT2D eigenvalue weighted by atomic mass is 35.5. The number of nitrogens with one attached hydrogen (secondary N) is 1. The first-order chi connectivity index (χ1) is 12.5. The van der Waals surface area contributed by atoms with Crippen molar-refractivity contribution in [2.75, 3.05) is 5.32 Å². The van der Waals surface area contributed by atoms with E-state index >= 15 is 0 Å². The van der Waals surface area contributed by atoms with Crippen molar-refractivity contribution in [2.45, 2.75) is 6.92 Å². The summed E-state index contributed by atoms with van der Waals surface area (Å²) in [5.41, 5.74) is 1.34. The van der Waals surface area contributed by atoms with Crippen LogP contribution in [0.25, 0.3) is 11.8 Å². The number of carbonyl (C=O) groups excluding carboxylic acids is 1. The molecule has 0 atom stereocenters. The van der Waals surface area contributed by atoms with Gasteiger partial charge in [-0.2, -0.15) is 5.26 Å². The molecule has 9 heteroatoms. The second kappa shape index (κ2) is 7.70. The lowest BCUT2D eigenvalue weighted by molar-refractivity contribution is -0.112. The van der Waals surface area contributed by atoms with Gasteiger partial charge in [0.15, 0.2) is 0 Å². The molecule has 130 valence electrons. The summed E-state index contributed by atoms with van der Waals surface area (Å²) in [4.78, 5) is 12.3. The summed E-state index contributed by atoms with van der Waals surface area (Å²) in [7, 11) is 0. The largest absolute Gasteiger partial charge is 0.317 e. The molecule has 6 nitrogen and oxygen atoms in total. The third-order valence-electron chi connectivity index (χ3n) is 3.37. The van der Waals surface area contributed by atoms with Gasteiger partial charge in [-0.15, -0.1) is 10.2 Å². The smallest absolute Gasteiger partial charge is 0.268 e. The van der Waals surface area contributed by atoms with E-state index < -0.39 is 5.91 Å². The van der Waals surface area contributed by atoms with Gasteiger partial charge in [0.2, 0.25) is 5.13 Å². The number of hydrogen-bond acceptors (Lipinski definition) is 5. The van der Waals surface area contributed by atoms with E-state index in [1.165, 1.54) is 17.4 Å². The number of aromatic nitrogens is 3. The number of hydrogen-bond donors (Lipinski definition) is 1. The van der Waals surface area contributed by atoms with Crippen LogP contribution in [0.4, 0.5) is 5.13 Å². The molecular weight excluding hydrogens is 393 g/mol. The predicted octanol–water partition coefficient (Wildman–Crippen LogP) is 4.49. The number of anilines is 1. The van der Waals surface area contributed by atoms with E-state index in [2.05, 4.69) is 15.5 Å². The number of halogens is 2. The molecule has 1 amide bonds. The lowest BCUT2D eigenvalue weighted by atomic mass is 10.2. The third-order valence-corrected chi connectivity index (χ3v) is 4.86. The summed E-state index contributed by atoms with van der Waals surface area (Å²) < 4.78 is 1.79. The molecule has 0 aliphatic rings. The first-order valence-corrected chi connectivity index (χ1v) is 8.91. The molecule has 0 saturated carbocycles. The molecule has 0 fully saturated rings. The highest BCUT2D eigenvalue weighted by Gasteiger charge is 2.13. The average Bonchev–Trinajstić information content (AvgIpc) is 3.24. The van der Waals surface area contributed by atoms with Crippen molar-refractivity contribution < 1.29 is 4.79 Å². The van der Waals surface area contributed by atoms with Crippen molar-refractivity contribution in [3.63, 3.8) is 0 Å². The van der Waals surface area contributed by atoms with Crippen LogP contribution in [0.5, 0.6) is 0 Å². The van der Waals surface area contributed by atoms with Gasteiger partial charge in [0.05, 0.1) is 10.0 Å². The number of aryl methyl sites for hydroxylation is 1. The van der Waals surface area contributed by atoms with Gasteiger partial charge in [0.1, 0.15) is 16.6 Å². The summed E-state index contributed by atoms with van der Waals surface area (Å²) in [5.74, 6) is -0.550. The number of carbonyl (C=O) groups is 1. The van der Waals surface area contributed by atoms with E-state index in [0.29, 0.717) is 20.9 Å². The zero-order valence-corrected chi connectivity index (χ0v) is 15.7. The van der Waals surface area contributed by atoms with Crippen LogP contribution >= 0.6 is 34.5 Å². The van der Waals surface area contributed by atoms with Gasteiger partial charge in [-0.1, -0.05) is 34.5 Å². The fourth-order valence-corrected chi connectivity index (χ4v) is 3.07. The van der Waals surface area contributed by atoms with Gasteiger partial charge in [-0.3, -0.25) is 10.1 Å². The summed E-state index contributed by atoms with van der Waals surface area (Å²) in [6, 6.07) is 10.7. The van der Waals surface area contributed by atoms with Crippen molar-refractivity contribution in [1.29, 1.82) is 5.26 Å². The van der Waals surface area contributed by atoms with Crippen LogP contribution in [0.1, 0.15) is 10.7 Å². The molecule has 0 aliphatic heterocycles. The van der Waals surface area contributed by atoms with Crippen LogP contribution < -0.4 is 5.32 Å². The van der Waals surface area contributed by atoms with Crippen LogP contribution in [-0.4, -0.2) is 20.7 Å². The van der Waals surface area contributed by atoms with Crippen LogP contribution in [0, 0.1) is 18.3 Å². The van der Waals surface area contributed by atoms with Gasteiger partial charge in [0, 0.05) is 17.6 Å². The molecule has 1 N–H and O–H groups in total. The minimum atomic E-state index is -0.550. The second-order valence-electron chi connectivity index (χ2n) is 5.15. The summed E-state index contributed by atoms with van der Waals surface area (Å²) in [6.07, 6.45) is 3.29. The quantitative estimate of drug-likeness (QED) is 0.513. The van der Waals surface area contributed by atoms with E-state index in [-0.39, 0.29) is 5.57 Å². The summed E-state index contributed by atoms with van der Waals surface area (Å²) >= 11 is 13.3. The minimum Gasteiger partial charge on any atom is -0.317 e. The Balaban J connectivity index is 1.91. The normalized spacial score (nSPS) is 11.2. The fourth-order valence-electron chi connectivity index (χ4n) is 2.19. The molecule has 2 heterocycles. The average molecular weight is 404 g/mol. The Morgan fingerprint density at radius 1 is 1.31 bits per heavy atom. The Bertz CT molecular complexity index is 1050. The monoisotopic (exact) mass is 403 g/mol. The van der Waals surface area contributed by atoms with Gasteiger partial charge in [-0.05, 0) is 43.3 Å². The lowest BCUT2D eigenvalue weighted by Crippen LogP contribution is -2.13. The van der Waals surface area contributed by atoms with Crippen LogP contribution in [0.2, 0.25) is 10.0 Å². The molecule has 2 aromatic heterocycles. The molecule has 3 aromatic rings. The van der Waals surface area contributed by atoms with Gasteiger partial charge in [0.25, 0.3) is 5.91 Å². The van der Waals surface area contributed by atoms with Crippen molar-refractivity contribution in [3.8, 4) is 11.8 Å². The summed E-state index contributed by atoms with van der Waals surface area (Å²) in [5, 5.41) is 21.5. The van der Waals surface area contributed by atoms with E-state index in [9.17, 15) is 10.1 Å². The van der Waals surface area contributed by atoms with Crippen molar-refractivity contribution in [1.82, 2.24) is 14.8 Å². The fraction of sp³-hybridized carbons (Fsp3) is 0.0588. The summed E-state index contributed by atoms with van der Waals surface area (Å²) in [6.45, 7) is 1.78. The Kier molecular flexibility index (Phi) is 5.38. The Hall–Kier alpha value is -2.66. The van der Waals surface area contributed by atoms with Crippen LogP contribution in [-0.2, 0) is 4.79 Å².